The summed E-state index contributed by atoms with van der Waals surface area (Å²) in [6, 6.07) is 2.85. The Morgan fingerprint density at radius 3 is 2.55 bits per heavy atom. The van der Waals surface area contributed by atoms with E-state index >= 15 is 0 Å². The number of aryl methyl sites for hydroxylation is 1. The molecule has 1 aliphatic rings. The van der Waals surface area contributed by atoms with E-state index in [4.69, 9.17) is 9.84 Å². The number of ether oxygens (including phenoxy) is 1. The summed E-state index contributed by atoms with van der Waals surface area (Å²) in [5.74, 6) is -1.33. The van der Waals surface area contributed by atoms with Gasteiger partial charge in [-0.15, -0.1) is 0 Å². The predicted octanol–water partition coefficient (Wildman–Crippen LogP) is 1.39. The lowest BCUT2D eigenvalue weighted by Crippen LogP contribution is -2.49. The zero-order valence-corrected chi connectivity index (χ0v) is 11.6. The Hall–Kier alpha value is -1.95. The second-order valence-corrected chi connectivity index (χ2v) is 5.26. The number of hydrogen-bond acceptors (Lipinski definition) is 4. The third-order valence-corrected chi connectivity index (χ3v) is 3.56. The average Bonchev–Trinajstić information content (AvgIpc) is 2.38. The van der Waals surface area contributed by atoms with Crippen molar-refractivity contribution in [3.05, 3.63) is 29.1 Å². The van der Waals surface area contributed by atoms with Crippen molar-refractivity contribution in [1.29, 1.82) is 0 Å². The van der Waals surface area contributed by atoms with E-state index in [0.717, 1.165) is 12.8 Å². The molecule has 0 aliphatic carbocycles. The smallest absolute Gasteiger partial charge is 0.337 e. The van der Waals surface area contributed by atoms with Gasteiger partial charge in [0.15, 0.2) is 0 Å². The molecule has 2 rings (SSSR count). The normalized spacial score (nSPS) is 17.5. The van der Waals surface area contributed by atoms with E-state index in [1.807, 2.05) is 6.92 Å². The van der Waals surface area contributed by atoms with Crippen LogP contribution in [0.3, 0.4) is 0 Å². The number of nitrogens with zero attached hydrogens (tertiary/aromatic N) is 1. The van der Waals surface area contributed by atoms with Gasteiger partial charge >= 0.3 is 5.97 Å². The van der Waals surface area contributed by atoms with E-state index in [-0.39, 0.29) is 22.7 Å². The average molecular weight is 278 g/mol. The minimum absolute atomic E-state index is 0.110. The van der Waals surface area contributed by atoms with Gasteiger partial charge in [0.1, 0.15) is 5.69 Å². The Kier molecular flexibility index (Phi) is 4.04. The lowest BCUT2D eigenvalue weighted by atomic mass is 9.92. The van der Waals surface area contributed by atoms with Crippen molar-refractivity contribution in [3.8, 4) is 0 Å². The van der Waals surface area contributed by atoms with Crippen molar-refractivity contribution in [2.24, 2.45) is 0 Å². The van der Waals surface area contributed by atoms with Gasteiger partial charge in [-0.3, -0.25) is 4.79 Å². The number of amides is 1. The van der Waals surface area contributed by atoms with Gasteiger partial charge in [0.05, 0.1) is 11.3 Å². The maximum absolute atomic E-state index is 12.2. The molecular formula is C14H18N2O4. The van der Waals surface area contributed by atoms with Crippen molar-refractivity contribution in [3.63, 3.8) is 0 Å². The summed E-state index contributed by atoms with van der Waals surface area (Å²) in [4.78, 5) is 27.2. The van der Waals surface area contributed by atoms with E-state index < -0.39 is 5.97 Å². The Morgan fingerprint density at radius 2 is 2.00 bits per heavy atom. The van der Waals surface area contributed by atoms with Crippen LogP contribution in [-0.4, -0.2) is 40.7 Å². The van der Waals surface area contributed by atoms with Crippen LogP contribution >= 0.6 is 0 Å². The van der Waals surface area contributed by atoms with Crippen LogP contribution in [0.5, 0.6) is 0 Å². The Labute approximate surface area is 117 Å². The SMILES string of the molecule is Cc1nc(C(=O)NC2(C)CCOCC2)ccc1C(=O)O. The van der Waals surface area contributed by atoms with Crippen LogP contribution in [0.1, 0.15) is 46.3 Å². The number of carboxylic acid groups (broad SMARTS) is 1. The van der Waals surface area contributed by atoms with Crippen LogP contribution < -0.4 is 5.32 Å². The van der Waals surface area contributed by atoms with E-state index in [0.29, 0.717) is 18.9 Å². The van der Waals surface area contributed by atoms with Gasteiger partial charge in [-0.1, -0.05) is 0 Å². The van der Waals surface area contributed by atoms with Crippen LogP contribution in [0.4, 0.5) is 0 Å². The summed E-state index contributed by atoms with van der Waals surface area (Å²) in [7, 11) is 0. The number of aromatic carboxylic acids is 1. The number of carboxylic acids is 1. The van der Waals surface area contributed by atoms with Crippen molar-refractivity contribution in [2.75, 3.05) is 13.2 Å². The highest BCUT2D eigenvalue weighted by Crippen LogP contribution is 2.20. The molecule has 1 saturated heterocycles. The molecule has 0 saturated carbocycles. The van der Waals surface area contributed by atoms with Gasteiger partial charge < -0.3 is 15.2 Å². The molecule has 0 aromatic carbocycles. The second-order valence-electron chi connectivity index (χ2n) is 5.26. The largest absolute Gasteiger partial charge is 0.478 e. The maximum atomic E-state index is 12.2. The number of nitrogens with one attached hydrogen (secondary N) is 1. The first-order valence-corrected chi connectivity index (χ1v) is 6.52. The quantitative estimate of drug-likeness (QED) is 0.872. The van der Waals surface area contributed by atoms with Gasteiger partial charge in [-0.2, -0.15) is 0 Å². The summed E-state index contributed by atoms with van der Waals surface area (Å²) in [6.07, 6.45) is 1.51. The topological polar surface area (TPSA) is 88.5 Å². The summed E-state index contributed by atoms with van der Waals surface area (Å²) >= 11 is 0. The van der Waals surface area contributed by atoms with Gasteiger partial charge in [0.25, 0.3) is 5.91 Å². The van der Waals surface area contributed by atoms with Crippen LogP contribution in [0.15, 0.2) is 12.1 Å². The van der Waals surface area contributed by atoms with E-state index in [1.54, 1.807) is 6.92 Å². The third-order valence-electron chi connectivity index (χ3n) is 3.56. The minimum Gasteiger partial charge on any atom is -0.478 e. The molecule has 108 valence electrons. The second kappa shape index (κ2) is 5.58. The predicted molar refractivity (Wildman–Crippen MR) is 71.9 cm³/mol. The number of aromatic nitrogens is 1. The molecule has 6 nitrogen and oxygen atoms in total. The van der Waals surface area contributed by atoms with Gasteiger partial charge in [-0.25, -0.2) is 9.78 Å². The molecule has 1 aromatic heterocycles. The van der Waals surface area contributed by atoms with Crippen LogP contribution in [-0.2, 0) is 4.74 Å². The zero-order chi connectivity index (χ0) is 14.8. The number of hydrogen-bond donors (Lipinski definition) is 2. The van der Waals surface area contributed by atoms with E-state index in [1.165, 1.54) is 12.1 Å². The standard InChI is InChI=1S/C14H18N2O4/c1-9-10(13(18)19)3-4-11(15-9)12(17)16-14(2)5-7-20-8-6-14/h3-4H,5-8H2,1-2H3,(H,16,17)(H,18,19). The molecule has 0 spiro atoms. The number of carbonyl (C=O) groups excluding carboxylic acids is 1. The highest BCUT2D eigenvalue weighted by atomic mass is 16.5. The van der Waals surface area contributed by atoms with Crippen molar-refractivity contribution < 1.29 is 19.4 Å². The first-order valence-electron chi connectivity index (χ1n) is 6.52. The number of pyridine rings is 1. The fraction of sp³-hybridized carbons (Fsp3) is 0.500. The molecule has 0 unspecified atom stereocenters. The Morgan fingerprint density at radius 1 is 1.35 bits per heavy atom. The summed E-state index contributed by atoms with van der Waals surface area (Å²) in [5.41, 5.74) is 0.387. The lowest BCUT2D eigenvalue weighted by Gasteiger charge is -2.34. The van der Waals surface area contributed by atoms with Crippen LogP contribution in [0, 0.1) is 6.92 Å². The minimum atomic E-state index is -1.04. The maximum Gasteiger partial charge on any atom is 0.337 e. The molecule has 2 heterocycles. The molecule has 6 heteroatoms. The first-order chi connectivity index (χ1) is 9.41. The molecule has 0 bridgehead atoms. The fourth-order valence-electron chi connectivity index (χ4n) is 2.20. The Bertz CT molecular complexity index is 536. The molecule has 1 aromatic rings. The van der Waals surface area contributed by atoms with Crippen molar-refractivity contribution in [2.45, 2.75) is 32.2 Å². The lowest BCUT2D eigenvalue weighted by molar-refractivity contribution is 0.0420. The van der Waals surface area contributed by atoms with E-state index in [9.17, 15) is 9.59 Å². The molecule has 1 aliphatic heterocycles. The summed E-state index contributed by atoms with van der Waals surface area (Å²) in [6.45, 7) is 4.81. The first kappa shape index (κ1) is 14.5. The Balaban J connectivity index is 2.13. The van der Waals surface area contributed by atoms with Gasteiger partial charge in [0, 0.05) is 18.8 Å². The summed E-state index contributed by atoms with van der Waals surface area (Å²) in [5, 5.41) is 11.9. The van der Waals surface area contributed by atoms with E-state index in [2.05, 4.69) is 10.3 Å². The monoisotopic (exact) mass is 278 g/mol. The molecule has 20 heavy (non-hydrogen) atoms. The molecular weight excluding hydrogens is 260 g/mol. The number of rotatable bonds is 3. The van der Waals surface area contributed by atoms with Crippen LogP contribution in [0.2, 0.25) is 0 Å². The molecule has 1 fully saturated rings. The molecule has 1 amide bonds. The third kappa shape index (κ3) is 3.14. The van der Waals surface area contributed by atoms with Gasteiger partial charge in [-0.05, 0) is 38.8 Å². The van der Waals surface area contributed by atoms with Crippen molar-refractivity contribution >= 4 is 11.9 Å². The summed E-state index contributed by atoms with van der Waals surface area (Å²) < 4.78 is 5.28. The highest BCUT2D eigenvalue weighted by molar-refractivity contribution is 5.94. The number of carbonyl (C=O) groups is 2. The van der Waals surface area contributed by atoms with Crippen LogP contribution in [0.25, 0.3) is 0 Å². The van der Waals surface area contributed by atoms with Crippen molar-refractivity contribution in [1.82, 2.24) is 10.3 Å². The molecule has 2 N–H and O–H groups in total. The fourth-order valence-corrected chi connectivity index (χ4v) is 2.20. The highest BCUT2D eigenvalue weighted by Gasteiger charge is 2.29. The zero-order valence-electron chi connectivity index (χ0n) is 11.6. The van der Waals surface area contributed by atoms with Gasteiger partial charge in [0.2, 0.25) is 0 Å². The molecule has 0 radical (unpaired) electrons. The molecule has 0 atom stereocenters.